The summed E-state index contributed by atoms with van der Waals surface area (Å²) in [7, 11) is 1.87. The topological polar surface area (TPSA) is 57.9 Å². The largest absolute Gasteiger partial charge is 0.373 e. The quantitative estimate of drug-likeness (QED) is 0.217. The number of para-hydroxylation sites is 2. The molecule has 0 bridgehead atoms. The van der Waals surface area contributed by atoms with Crippen LogP contribution in [0.15, 0.2) is 65.9 Å². The molecule has 8 heteroatoms. The molecule has 2 atom stereocenters. The van der Waals surface area contributed by atoms with Crippen molar-refractivity contribution in [3.63, 3.8) is 0 Å². The fraction of sp³-hybridized carbons (Fsp3) is 0.440. The van der Waals surface area contributed by atoms with E-state index in [9.17, 15) is 0 Å². The number of aliphatic imine (C=N–C) groups is 1. The van der Waals surface area contributed by atoms with Crippen LogP contribution in [0, 0.1) is 0 Å². The normalized spacial score (nSPS) is 21.1. The molecule has 0 radical (unpaired) electrons. The number of hydrogen-bond donors (Lipinski definition) is 1. The van der Waals surface area contributed by atoms with Crippen LogP contribution in [0.1, 0.15) is 12.0 Å². The molecule has 2 fully saturated rings. The van der Waals surface area contributed by atoms with Crippen LogP contribution in [0.2, 0.25) is 0 Å². The lowest BCUT2D eigenvalue weighted by Gasteiger charge is -2.36. The number of rotatable bonds is 6. The van der Waals surface area contributed by atoms with Crippen LogP contribution in [0.25, 0.3) is 11.0 Å². The Hall–Kier alpha value is -2.17. The number of hydrogen-bond acceptors (Lipinski definition) is 4. The van der Waals surface area contributed by atoms with Crippen LogP contribution in [0.3, 0.4) is 0 Å². The minimum absolute atomic E-state index is 0. The molecule has 0 aliphatic carbocycles. The molecule has 0 saturated carbocycles. The Morgan fingerprint density at radius 2 is 1.94 bits per heavy atom. The zero-order chi connectivity index (χ0) is 21.8. The summed E-state index contributed by atoms with van der Waals surface area (Å²) in [6, 6.07) is 19.4. The van der Waals surface area contributed by atoms with Crippen molar-refractivity contribution >= 4 is 41.0 Å². The number of aromatic nitrogens is 2. The van der Waals surface area contributed by atoms with Gasteiger partial charge in [0.05, 0.1) is 36.1 Å². The summed E-state index contributed by atoms with van der Waals surface area (Å²) >= 11 is 0. The lowest BCUT2D eigenvalue weighted by atomic mass is 10.1. The van der Waals surface area contributed by atoms with Crippen molar-refractivity contribution < 1.29 is 4.74 Å². The summed E-state index contributed by atoms with van der Waals surface area (Å²) in [5, 5.41) is 3.56. The zero-order valence-corrected chi connectivity index (χ0v) is 21.5. The fourth-order valence-electron chi connectivity index (χ4n) is 4.92. The molecule has 3 aromatic rings. The first-order chi connectivity index (χ1) is 15.8. The molecular weight excluding hydrogens is 527 g/mol. The van der Waals surface area contributed by atoms with E-state index in [1.165, 1.54) is 11.1 Å². The van der Waals surface area contributed by atoms with E-state index in [2.05, 4.69) is 78.2 Å². The van der Waals surface area contributed by atoms with Gasteiger partial charge < -0.3 is 19.5 Å². The molecule has 2 aliphatic heterocycles. The molecule has 1 N–H and O–H groups in total. The van der Waals surface area contributed by atoms with Crippen molar-refractivity contribution in [3.8, 4) is 0 Å². The molecule has 33 heavy (non-hydrogen) atoms. The van der Waals surface area contributed by atoms with E-state index >= 15 is 0 Å². The Labute approximate surface area is 212 Å². The highest BCUT2D eigenvalue weighted by atomic mass is 127. The standard InChI is InChI=1S/C25H32N6O.HI/c1-26-25(27-12-7-13-30-19-28-21-10-5-6-11-22(21)30)31-17-23-24(18-31)32-15-14-29(23)16-20-8-3-2-4-9-20;/h2-6,8-11,19,23-24H,7,12-18H2,1H3,(H,26,27);1H. The third-order valence-electron chi connectivity index (χ3n) is 6.54. The molecular formula is C25H33IN6O. The van der Waals surface area contributed by atoms with Gasteiger partial charge in [-0.2, -0.15) is 0 Å². The average molecular weight is 560 g/mol. The van der Waals surface area contributed by atoms with Gasteiger partial charge in [0.1, 0.15) is 0 Å². The number of nitrogens with one attached hydrogen (secondary N) is 1. The Bertz CT molecular complexity index is 1060. The average Bonchev–Trinajstić information content (AvgIpc) is 3.45. The van der Waals surface area contributed by atoms with Crippen LogP contribution >= 0.6 is 24.0 Å². The molecule has 1 aromatic heterocycles. The first-order valence-electron chi connectivity index (χ1n) is 11.6. The summed E-state index contributed by atoms with van der Waals surface area (Å²) in [6.07, 6.45) is 3.18. The van der Waals surface area contributed by atoms with Gasteiger partial charge in [-0.1, -0.05) is 42.5 Å². The highest BCUT2D eigenvalue weighted by Gasteiger charge is 2.41. The number of ether oxygens (including phenoxy) is 1. The number of aryl methyl sites for hydroxylation is 1. The number of halogens is 1. The maximum Gasteiger partial charge on any atom is 0.193 e. The predicted octanol–water partition coefficient (Wildman–Crippen LogP) is 3.21. The molecule has 3 heterocycles. The second-order valence-electron chi connectivity index (χ2n) is 8.59. The highest BCUT2D eigenvalue weighted by molar-refractivity contribution is 14.0. The van der Waals surface area contributed by atoms with Gasteiger partial charge in [-0.25, -0.2) is 4.98 Å². The molecule has 0 spiro atoms. The maximum atomic E-state index is 6.13. The summed E-state index contributed by atoms with van der Waals surface area (Å²) in [6.45, 7) is 6.40. The molecule has 176 valence electrons. The van der Waals surface area contributed by atoms with E-state index in [1.807, 2.05) is 19.4 Å². The van der Waals surface area contributed by atoms with Gasteiger partial charge in [-0.05, 0) is 24.1 Å². The van der Waals surface area contributed by atoms with E-state index in [4.69, 9.17) is 4.74 Å². The molecule has 5 rings (SSSR count). The second kappa shape index (κ2) is 11.3. The zero-order valence-electron chi connectivity index (χ0n) is 19.1. The van der Waals surface area contributed by atoms with Crippen LogP contribution in [0.5, 0.6) is 0 Å². The van der Waals surface area contributed by atoms with Crippen LogP contribution < -0.4 is 5.32 Å². The van der Waals surface area contributed by atoms with Gasteiger partial charge >= 0.3 is 0 Å². The number of morpholine rings is 1. The van der Waals surface area contributed by atoms with E-state index in [-0.39, 0.29) is 30.1 Å². The van der Waals surface area contributed by atoms with Crippen LogP contribution in [0.4, 0.5) is 0 Å². The summed E-state index contributed by atoms with van der Waals surface area (Å²) in [4.78, 5) is 14.0. The van der Waals surface area contributed by atoms with Gasteiger partial charge in [-0.15, -0.1) is 24.0 Å². The molecule has 2 saturated heterocycles. The van der Waals surface area contributed by atoms with Crippen molar-refractivity contribution in [2.24, 2.45) is 4.99 Å². The highest BCUT2D eigenvalue weighted by Crippen LogP contribution is 2.24. The minimum atomic E-state index is 0. The first kappa shape index (κ1) is 24.0. The van der Waals surface area contributed by atoms with Gasteiger partial charge in [0, 0.05) is 46.3 Å². The summed E-state index contributed by atoms with van der Waals surface area (Å²) < 4.78 is 8.36. The SMILES string of the molecule is CN=C(NCCCn1cnc2ccccc21)N1CC2OCCN(Cc3ccccc3)C2C1.I. The lowest BCUT2D eigenvalue weighted by Crippen LogP contribution is -2.50. The van der Waals surface area contributed by atoms with Gasteiger partial charge in [-0.3, -0.25) is 9.89 Å². The van der Waals surface area contributed by atoms with Crippen molar-refractivity contribution in [3.05, 3.63) is 66.5 Å². The number of nitrogens with zero attached hydrogens (tertiary/aromatic N) is 5. The van der Waals surface area contributed by atoms with Crippen LogP contribution in [-0.2, 0) is 17.8 Å². The lowest BCUT2D eigenvalue weighted by molar-refractivity contribution is -0.0502. The minimum Gasteiger partial charge on any atom is -0.373 e. The fourth-order valence-corrected chi connectivity index (χ4v) is 4.92. The number of likely N-dealkylation sites (tertiary alicyclic amines) is 1. The first-order valence-corrected chi connectivity index (χ1v) is 11.6. The van der Waals surface area contributed by atoms with Crippen molar-refractivity contribution in [2.45, 2.75) is 31.7 Å². The third kappa shape index (κ3) is 5.50. The number of imidazole rings is 1. The molecule has 0 amide bonds. The van der Waals surface area contributed by atoms with Crippen molar-refractivity contribution in [2.75, 3.05) is 39.8 Å². The van der Waals surface area contributed by atoms with Gasteiger partial charge in [0.2, 0.25) is 0 Å². The van der Waals surface area contributed by atoms with E-state index in [1.54, 1.807) is 0 Å². The number of guanidine groups is 1. The van der Waals surface area contributed by atoms with Gasteiger partial charge in [0.25, 0.3) is 0 Å². The summed E-state index contributed by atoms with van der Waals surface area (Å²) in [5.41, 5.74) is 3.60. The number of benzene rings is 2. The van der Waals surface area contributed by atoms with Crippen molar-refractivity contribution in [1.29, 1.82) is 0 Å². The Morgan fingerprint density at radius 1 is 1.12 bits per heavy atom. The molecule has 2 aromatic carbocycles. The maximum absolute atomic E-state index is 6.13. The monoisotopic (exact) mass is 560 g/mol. The summed E-state index contributed by atoms with van der Waals surface area (Å²) in [5.74, 6) is 0.971. The second-order valence-corrected chi connectivity index (χ2v) is 8.59. The Balaban J connectivity index is 0.00000259. The van der Waals surface area contributed by atoms with Crippen molar-refractivity contribution in [1.82, 2.24) is 24.7 Å². The van der Waals surface area contributed by atoms with E-state index in [0.717, 1.165) is 63.8 Å². The smallest absolute Gasteiger partial charge is 0.193 e. The molecule has 2 aliphatic rings. The Morgan fingerprint density at radius 3 is 2.79 bits per heavy atom. The van der Waals surface area contributed by atoms with E-state index < -0.39 is 0 Å². The molecule has 7 nitrogen and oxygen atoms in total. The Kier molecular flexibility index (Phi) is 8.21. The van der Waals surface area contributed by atoms with Gasteiger partial charge in [0.15, 0.2) is 5.96 Å². The number of fused-ring (bicyclic) bond motifs is 2. The van der Waals surface area contributed by atoms with Crippen LogP contribution in [-0.4, -0.2) is 77.3 Å². The molecule has 2 unspecified atom stereocenters. The van der Waals surface area contributed by atoms with E-state index in [0.29, 0.717) is 6.04 Å². The third-order valence-corrected chi connectivity index (χ3v) is 6.54. The predicted molar refractivity (Wildman–Crippen MR) is 143 cm³/mol.